The summed E-state index contributed by atoms with van der Waals surface area (Å²) in [5.74, 6) is -0.826. The lowest BCUT2D eigenvalue weighted by molar-refractivity contribution is -0.141. The number of hydrogen-bond acceptors (Lipinski definition) is 2. The number of aryl methyl sites for hydroxylation is 2. The molecule has 0 aliphatic rings. The van der Waals surface area contributed by atoms with Gasteiger partial charge in [0.05, 0.1) is 0 Å². The van der Waals surface area contributed by atoms with E-state index in [0.29, 0.717) is 6.42 Å². The van der Waals surface area contributed by atoms with Gasteiger partial charge in [-0.2, -0.15) is 0 Å². The van der Waals surface area contributed by atoms with Crippen molar-refractivity contribution in [3.8, 4) is 0 Å². The summed E-state index contributed by atoms with van der Waals surface area (Å²) in [7, 11) is 0. The minimum absolute atomic E-state index is 0.537. The summed E-state index contributed by atoms with van der Waals surface area (Å²) in [6, 6.07) is 5.89. The maximum Gasteiger partial charge on any atom is 0.329 e. The fraction of sp³-hybridized carbons (Fsp3) is 0.462. The molecule has 0 spiro atoms. The average Bonchev–Trinajstić information content (AvgIpc) is 2.23. The molecule has 0 saturated heterocycles. The molecule has 1 aromatic carbocycles. The van der Waals surface area contributed by atoms with Gasteiger partial charge in [-0.15, -0.1) is 0 Å². The molecule has 0 bridgehead atoms. The largest absolute Gasteiger partial charge is 0.480 e. The van der Waals surface area contributed by atoms with E-state index in [2.05, 4.69) is 5.32 Å². The van der Waals surface area contributed by atoms with E-state index in [0.717, 1.165) is 11.3 Å². The number of benzene rings is 1. The molecule has 0 aliphatic heterocycles. The van der Waals surface area contributed by atoms with E-state index in [1.807, 2.05) is 39.0 Å². The Morgan fingerprint density at radius 1 is 1.38 bits per heavy atom. The third-order valence-electron chi connectivity index (χ3n) is 3.11. The Hall–Kier alpha value is -1.51. The predicted octanol–water partition coefficient (Wildman–Crippen LogP) is 2.97. The zero-order valence-electron chi connectivity index (χ0n) is 10.3. The summed E-state index contributed by atoms with van der Waals surface area (Å²) in [5.41, 5.74) is 2.32. The van der Waals surface area contributed by atoms with E-state index in [-0.39, 0.29) is 0 Å². The van der Waals surface area contributed by atoms with Crippen LogP contribution in [0.1, 0.15) is 31.4 Å². The summed E-state index contributed by atoms with van der Waals surface area (Å²) < 4.78 is 0. The van der Waals surface area contributed by atoms with Crippen LogP contribution in [-0.4, -0.2) is 16.6 Å². The Balaban J connectivity index is 2.95. The van der Waals surface area contributed by atoms with Gasteiger partial charge >= 0.3 is 5.97 Å². The van der Waals surface area contributed by atoms with Crippen LogP contribution in [0.3, 0.4) is 0 Å². The van der Waals surface area contributed by atoms with Gasteiger partial charge in [0.1, 0.15) is 5.54 Å². The fourth-order valence-corrected chi connectivity index (χ4v) is 1.43. The van der Waals surface area contributed by atoms with Crippen LogP contribution < -0.4 is 5.32 Å². The van der Waals surface area contributed by atoms with Crippen LogP contribution in [-0.2, 0) is 4.79 Å². The molecular weight excluding hydrogens is 202 g/mol. The molecule has 2 N–H and O–H groups in total. The molecule has 0 heterocycles. The highest BCUT2D eigenvalue weighted by atomic mass is 16.4. The van der Waals surface area contributed by atoms with Crippen LogP contribution in [0, 0.1) is 13.8 Å². The van der Waals surface area contributed by atoms with Gasteiger partial charge in [-0.1, -0.05) is 13.0 Å². The zero-order chi connectivity index (χ0) is 12.3. The molecular formula is C13H19NO2. The van der Waals surface area contributed by atoms with Crippen LogP contribution in [0.25, 0.3) is 0 Å². The van der Waals surface area contributed by atoms with Gasteiger partial charge in [0, 0.05) is 5.69 Å². The molecule has 0 saturated carbocycles. The second kappa shape index (κ2) is 4.56. The molecule has 0 aromatic heterocycles. The van der Waals surface area contributed by atoms with Gasteiger partial charge in [-0.3, -0.25) is 0 Å². The van der Waals surface area contributed by atoms with E-state index >= 15 is 0 Å². The molecule has 1 rings (SSSR count). The van der Waals surface area contributed by atoms with Crippen molar-refractivity contribution in [3.63, 3.8) is 0 Å². The molecule has 3 nitrogen and oxygen atoms in total. The van der Waals surface area contributed by atoms with E-state index in [9.17, 15) is 4.79 Å². The van der Waals surface area contributed by atoms with E-state index in [1.165, 1.54) is 5.56 Å². The summed E-state index contributed by atoms with van der Waals surface area (Å²) >= 11 is 0. The Kier molecular flexibility index (Phi) is 3.58. The van der Waals surface area contributed by atoms with Crippen molar-refractivity contribution in [1.82, 2.24) is 0 Å². The summed E-state index contributed by atoms with van der Waals surface area (Å²) in [6.07, 6.45) is 0.537. The molecule has 88 valence electrons. The standard InChI is InChI=1S/C13H19NO2/c1-5-13(4,12(15)16)14-11-7-6-9(2)10(3)8-11/h6-8,14H,5H2,1-4H3,(H,15,16). The molecule has 1 unspecified atom stereocenters. The minimum Gasteiger partial charge on any atom is -0.480 e. The molecule has 1 aromatic rings. The number of hydrogen-bond donors (Lipinski definition) is 2. The van der Waals surface area contributed by atoms with Crippen LogP contribution >= 0.6 is 0 Å². The second-order valence-electron chi connectivity index (χ2n) is 4.41. The topological polar surface area (TPSA) is 49.3 Å². The highest BCUT2D eigenvalue weighted by Gasteiger charge is 2.30. The average molecular weight is 221 g/mol. The lowest BCUT2D eigenvalue weighted by Gasteiger charge is -2.26. The molecule has 0 radical (unpaired) electrons. The number of carboxylic acid groups (broad SMARTS) is 1. The van der Waals surface area contributed by atoms with Crippen LogP contribution in [0.5, 0.6) is 0 Å². The molecule has 3 heteroatoms. The summed E-state index contributed by atoms with van der Waals surface area (Å²) in [5, 5.41) is 12.2. The third-order valence-corrected chi connectivity index (χ3v) is 3.11. The monoisotopic (exact) mass is 221 g/mol. The Morgan fingerprint density at radius 2 is 2.00 bits per heavy atom. The van der Waals surface area contributed by atoms with Crippen LogP contribution in [0.2, 0.25) is 0 Å². The van der Waals surface area contributed by atoms with Crippen molar-refractivity contribution in [1.29, 1.82) is 0 Å². The van der Waals surface area contributed by atoms with E-state index in [1.54, 1.807) is 6.92 Å². The lowest BCUT2D eigenvalue weighted by Crippen LogP contribution is -2.42. The van der Waals surface area contributed by atoms with E-state index < -0.39 is 11.5 Å². The first-order valence-electron chi connectivity index (χ1n) is 5.48. The number of aliphatic carboxylic acids is 1. The van der Waals surface area contributed by atoms with Crippen molar-refractivity contribution >= 4 is 11.7 Å². The number of anilines is 1. The maximum absolute atomic E-state index is 11.1. The first kappa shape index (κ1) is 12.6. The SMILES string of the molecule is CCC(C)(Nc1ccc(C)c(C)c1)C(=O)O. The molecule has 0 fully saturated rings. The smallest absolute Gasteiger partial charge is 0.329 e. The number of nitrogens with one attached hydrogen (secondary N) is 1. The Morgan fingerprint density at radius 3 is 2.44 bits per heavy atom. The quantitative estimate of drug-likeness (QED) is 0.821. The fourth-order valence-electron chi connectivity index (χ4n) is 1.43. The van der Waals surface area contributed by atoms with Crippen molar-refractivity contribution in [2.75, 3.05) is 5.32 Å². The van der Waals surface area contributed by atoms with Gasteiger partial charge in [0.25, 0.3) is 0 Å². The highest BCUT2D eigenvalue weighted by molar-refractivity contribution is 5.82. The van der Waals surface area contributed by atoms with Crippen molar-refractivity contribution in [2.45, 2.75) is 39.7 Å². The molecule has 0 aliphatic carbocycles. The van der Waals surface area contributed by atoms with Crippen LogP contribution in [0.15, 0.2) is 18.2 Å². The van der Waals surface area contributed by atoms with E-state index in [4.69, 9.17) is 5.11 Å². The third kappa shape index (κ3) is 2.54. The van der Waals surface area contributed by atoms with Gasteiger partial charge in [0.15, 0.2) is 0 Å². The summed E-state index contributed by atoms with van der Waals surface area (Å²) in [4.78, 5) is 11.1. The van der Waals surface area contributed by atoms with Gasteiger partial charge in [-0.25, -0.2) is 4.79 Å². The summed E-state index contributed by atoms with van der Waals surface area (Å²) in [6.45, 7) is 7.62. The van der Waals surface area contributed by atoms with Crippen molar-refractivity contribution < 1.29 is 9.90 Å². The minimum atomic E-state index is -0.901. The van der Waals surface area contributed by atoms with Gasteiger partial charge in [0.2, 0.25) is 0 Å². The first-order chi connectivity index (χ1) is 7.39. The molecule has 16 heavy (non-hydrogen) atoms. The normalized spacial score (nSPS) is 14.2. The van der Waals surface area contributed by atoms with Gasteiger partial charge in [-0.05, 0) is 50.5 Å². The maximum atomic E-state index is 11.1. The zero-order valence-corrected chi connectivity index (χ0v) is 10.3. The molecule has 1 atom stereocenters. The van der Waals surface area contributed by atoms with Crippen molar-refractivity contribution in [3.05, 3.63) is 29.3 Å². The van der Waals surface area contributed by atoms with Gasteiger partial charge < -0.3 is 10.4 Å². The molecule has 0 amide bonds. The van der Waals surface area contributed by atoms with Crippen molar-refractivity contribution in [2.24, 2.45) is 0 Å². The second-order valence-corrected chi connectivity index (χ2v) is 4.41. The number of carbonyl (C=O) groups is 1. The Bertz CT molecular complexity index is 401. The van der Waals surface area contributed by atoms with Crippen LogP contribution in [0.4, 0.5) is 5.69 Å². The Labute approximate surface area is 96.5 Å². The lowest BCUT2D eigenvalue weighted by atomic mass is 9.98. The number of rotatable bonds is 4. The first-order valence-corrected chi connectivity index (χ1v) is 5.48. The highest BCUT2D eigenvalue weighted by Crippen LogP contribution is 2.21. The predicted molar refractivity (Wildman–Crippen MR) is 65.9 cm³/mol. The number of carboxylic acids is 1.